The zero-order valence-electron chi connectivity index (χ0n) is 7.92. The summed E-state index contributed by atoms with van der Waals surface area (Å²) in [4.78, 5) is 15.9. The molecule has 0 atom stereocenters. The molecular formula is C8H17NO3. The lowest BCUT2D eigenvalue weighted by atomic mass is 10.0. The van der Waals surface area contributed by atoms with Crippen molar-refractivity contribution in [2.75, 3.05) is 13.9 Å². The van der Waals surface area contributed by atoms with E-state index in [1.54, 1.807) is 0 Å². The lowest BCUT2D eigenvalue weighted by Gasteiger charge is -2.11. The molecule has 0 spiro atoms. The summed E-state index contributed by atoms with van der Waals surface area (Å²) in [7, 11) is 1.50. The van der Waals surface area contributed by atoms with Crippen molar-refractivity contribution in [1.82, 2.24) is 5.48 Å². The molecule has 12 heavy (non-hydrogen) atoms. The second kappa shape index (κ2) is 7.06. The van der Waals surface area contributed by atoms with Crippen molar-refractivity contribution in [2.45, 2.75) is 26.7 Å². The fraction of sp³-hybridized carbons (Fsp3) is 0.875. The van der Waals surface area contributed by atoms with Crippen LogP contribution in [0.25, 0.3) is 0 Å². The molecule has 4 nitrogen and oxygen atoms in total. The minimum atomic E-state index is -0.0722. The number of hydrogen-bond donors (Lipinski definition) is 1. The first-order chi connectivity index (χ1) is 5.76. The molecule has 0 saturated heterocycles. The summed E-state index contributed by atoms with van der Waals surface area (Å²) in [5, 5.41) is 0. The topological polar surface area (TPSA) is 47.6 Å². The molecule has 0 unspecified atom stereocenters. The van der Waals surface area contributed by atoms with Gasteiger partial charge in [0.15, 0.2) is 6.79 Å². The predicted octanol–water partition coefficient (Wildman–Crippen LogP) is 1.07. The molecule has 0 rings (SSSR count). The van der Waals surface area contributed by atoms with E-state index in [4.69, 9.17) is 4.84 Å². The third-order valence-electron chi connectivity index (χ3n) is 1.71. The van der Waals surface area contributed by atoms with Gasteiger partial charge in [-0.2, -0.15) is 0 Å². The lowest BCUT2D eigenvalue weighted by Crippen LogP contribution is -2.30. The Kier molecular flexibility index (Phi) is 6.70. The number of rotatable bonds is 6. The smallest absolute Gasteiger partial charge is 0.246 e. The van der Waals surface area contributed by atoms with Crippen molar-refractivity contribution in [2.24, 2.45) is 5.92 Å². The highest BCUT2D eigenvalue weighted by atomic mass is 16.8. The number of nitrogens with one attached hydrogen (secondary N) is 1. The Morgan fingerprint density at radius 3 is 2.42 bits per heavy atom. The first kappa shape index (κ1) is 11.4. The second-order valence-electron chi connectivity index (χ2n) is 2.53. The van der Waals surface area contributed by atoms with Gasteiger partial charge in [0.05, 0.1) is 0 Å². The average molecular weight is 175 g/mol. The van der Waals surface area contributed by atoms with Crippen LogP contribution in [0.1, 0.15) is 26.7 Å². The SMILES string of the molecule is CCC(CC)C(=O)NOCOC. The van der Waals surface area contributed by atoms with Crippen molar-refractivity contribution >= 4 is 5.91 Å². The normalized spacial score (nSPS) is 10.3. The number of carbonyl (C=O) groups excluding carboxylic acids is 1. The van der Waals surface area contributed by atoms with Crippen LogP contribution in [-0.2, 0) is 14.4 Å². The molecular weight excluding hydrogens is 158 g/mol. The van der Waals surface area contributed by atoms with Gasteiger partial charge in [0.1, 0.15) is 0 Å². The van der Waals surface area contributed by atoms with Gasteiger partial charge in [-0.1, -0.05) is 13.8 Å². The van der Waals surface area contributed by atoms with Crippen molar-refractivity contribution in [3.8, 4) is 0 Å². The summed E-state index contributed by atoms with van der Waals surface area (Å²) in [5.41, 5.74) is 2.32. The lowest BCUT2D eigenvalue weighted by molar-refractivity contribution is -0.148. The summed E-state index contributed by atoms with van der Waals surface area (Å²) < 4.78 is 4.60. The minimum Gasteiger partial charge on any atom is -0.356 e. The maximum atomic E-state index is 11.2. The molecule has 0 heterocycles. The number of carbonyl (C=O) groups is 1. The van der Waals surface area contributed by atoms with Gasteiger partial charge in [-0.05, 0) is 12.8 Å². The van der Waals surface area contributed by atoms with Crippen LogP contribution in [0, 0.1) is 5.92 Å². The minimum absolute atomic E-state index is 0.0434. The Hall–Kier alpha value is -0.610. The highest BCUT2D eigenvalue weighted by Gasteiger charge is 2.13. The summed E-state index contributed by atoms with van der Waals surface area (Å²) in [6.45, 7) is 4.04. The van der Waals surface area contributed by atoms with Crippen molar-refractivity contribution in [3.05, 3.63) is 0 Å². The fourth-order valence-electron chi connectivity index (χ4n) is 0.902. The van der Waals surface area contributed by atoms with E-state index >= 15 is 0 Å². The van der Waals surface area contributed by atoms with E-state index in [0.29, 0.717) is 0 Å². The standard InChI is InChI=1S/C8H17NO3/c1-4-7(5-2)8(10)9-12-6-11-3/h7H,4-6H2,1-3H3,(H,9,10). The van der Waals surface area contributed by atoms with Gasteiger partial charge in [-0.3, -0.25) is 4.79 Å². The van der Waals surface area contributed by atoms with Crippen LogP contribution in [0.15, 0.2) is 0 Å². The summed E-state index contributed by atoms with van der Waals surface area (Å²) in [6, 6.07) is 0. The number of methoxy groups -OCH3 is 1. The Morgan fingerprint density at radius 2 is 2.00 bits per heavy atom. The van der Waals surface area contributed by atoms with Crippen LogP contribution in [0.3, 0.4) is 0 Å². The Bertz CT molecular complexity index is 123. The predicted molar refractivity (Wildman–Crippen MR) is 45.2 cm³/mol. The molecule has 0 aliphatic carbocycles. The van der Waals surface area contributed by atoms with Crippen LogP contribution >= 0.6 is 0 Å². The van der Waals surface area contributed by atoms with Crippen LogP contribution in [0.5, 0.6) is 0 Å². The number of hydroxylamine groups is 1. The molecule has 0 aromatic rings. The monoisotopic (exact) mass is 175 g/mol. The summed E-state index contributed by atoms with van der Waals surface area (Å²) in [6.07, 6.45) is 1.66. The largest absolute Gasteiger partial charge is 0.356 e. The average Bonchev–Trinajstić information content (AvgIpc) is 2.07. The molecule has 0 aliphatic rings. The summed E-state index contributed by atoms with van der Waals surface area (Å²) >= 11 is 0. The van der Waals surface area contributed by atoms with E-state index in [0.717, 1.165) is 12.8 Å². The molecule has 0 bridgehead atoms. The molecule has 1 amide bonds. The number of ether oxygens (including phenoxy) is 1. The maximum Gasteiger partial charge on any atom is 0.246 e. The molecule has 0 aromatic carbocycles. The maximum absolute atomic E-state index is 11.2. The van der Waals surface area contributed by atoms with Crippen LogP contribution < -0.4 is 5.48 Å². The zero-order valence-corrected chi connectivity index (χ0v) is 7.92. The van der Waals surface area contributed by atoms with E-state index in [1.807, 2.05) is 13.8 Å². The van der Waals surface area contributed by atoms with Crippen LogP contribution in [0.4, 0.5) is 0 Å². The molecule has 0 aromatic heterocycles. The van der Waals surface area contributed by atoms with Gasteiger partial charge in [0.2, 0.25) is 5.91 Å². The first-order valence-corrected chi connectivity index (χ1v) is 4.16. The third-order valence-corrected chi connectivity index (χ3v) is 1.71. The van der Waals surface area contributed by atoms with E-state index < -0.39 is 0 Å². The van der Waals surface area contributed by atoms with Gasteiger partial charge in [-0.25, -0.2) is 10.3 Å². The van der Waals surface area contributed by atoms with E-state index in [1.165, 1.54) is 7.11 Å². The van der Waals surface area contributed by atoms with Gasteiger partial charge in [0.25, 0.3) is 0 Å². The molecule has 72 valence electrons. The molecule has 0 radical (unpaired) electrons. The first-order valence-electron chi connectivity index (χ1n) is 4.16. The quantitative estimate of drug-likeness (QED) is 0.373. The van der Waals surface area contributed by atoms with E-state index in [9.17, 15) is 4.79 Å². The summed E-state index contributed by atoms with van der Waals surface area (Å²) in [5.74, 6) is -0.0288. The van der Waals surface area contributed by atoms with Gasteiger partial charge >= 0.3 is 0 Å². The van der Waals surface area contributed by atoms with Crippen molar-refractivity contribution in [1.29, 1.82) is 0 Å². The fourth-order valence-corrected chi connectivity index (χ4v) is 0.902. The van der Waals surface area contributed by atoms with Crippen LogP contribution in [-0.4, -0.2) is 19.8 Å². The van der Waals surface area contributed by atoms with E-state index in [2.05, 4.69) is 10.2 Å². The Morgan fingerprint density at radius 1 is 1.42 bits per heavy atom. The highest BCUT2D eigenvalue weighted by molar-refractivity contribution is 5.77. The zero-order chi connectivity index (χ0) is 9.40. The third kappa shape index (κ3) is 4.31. The van der Waals surface area contributed by atoms with Gasteiger partial charge in [-0.15, -0.1) is 0 Å². The van der Waals surface area contributed by atoms with Gasteiger partial charge in [0, 0.05) is 13.0 Å². The molecule has 0 aliphatic heterocycles. The van der Waals surface area contributed by atoms with Crippen LogP contribution in [0.2, 0.25) is 0 Å². The van der Waals surface area contributed by atoms with Crippen molar-refractivity contribution in [3.63, 3.8) is 0 Å². The molecule has 0 saturated carbocycles. The Labute approximate surface area is 73.2 Å². The molecule has 0 fully saturated rings. The van der Waals surface area contributed by atoms with Crippen molar-refractivity contribution < 1.29 is 14.4 Å². The number of amides is 1. The van der Waals surface area contributed by atoms with E-state index in [-0.39, 0.29) is 18.6 Å². The molecule has 4 heteroatoms. The number of hydrogen-bond acceptors (Lipinski definition) is 3. The molecule has 1 N–H and O–H groups in total. The highest BCUT2D eigenvalue weighted by Crippen LogP contribution is 2.06. The Balaban J connectivity index is 3.54. The second-order valence-corrected chi connectivity index (χ2v) is 2.53. The van der Waals surface area contributed by atoms with Gasteiger partial charge < -0.3 is 4.74 Å².